The lowest BCUT2D eigenvalue weighted by Gasteiger charge is -2.27. The molecule has 0 radical (unpaired) electrons. The fraction of sp³-hybridized carbons (Fsp3) is 0.300. The van der Waals surface area contributed by atoms with Gasteiger partial charge in [0, 0.05) is 67.6 Å². The van der Waals surface area contributed by atoms with Gasteiger partial charge in [-0.05, 0) is 120 Å². The van der Waals surface area contributed by atoms with Crippen molar-refractivity contribution in [2.24, 2.45) is 0 Å². The number of benzene rings is 5. The highest BCUT2D eigenvalue weighted by molar-refractivity contribution is 9.10. The molecule has 2 aliphatic heterocycles. The maximum atomic E-state index is 11.6. The van der Waals surface area contributed by atoms with Crippen molar-refractivity contribution >= 4 is 103 Å². The van der Waals surface area contributed by atoms with Gasteiger partial charge in [-0.2, -0.15) is 13.0 Å². The molecule has 0 aromatic heterocycles. The van der Waals surface area contributed by atoms with Gasteiger partial charge >= 0.3 is 0 Å². The molecular formula is C50H50Br2ClN2O3S+. The Hall–Kier alpha value is -3.79. The van der Waals surface area contributed by atoms with Gasteiger partial charge < -0.3 is 4.90 Å². The van der Waals surface area contributed by atoms with Gasteiger partial charge in [-0.1, -0.05) is 119 Å². The van der Waals surface area contributed by atoms with E-state index in [4.69, 9.17) is 11.6 Å². The molecule has 0 saturated heterocycles. The van der Waals surface area contributed by atoms with Crippen LogP contribution in [0.15, 0.2) is 129 Å². The highest BCUT2D eigenvalue weighted by Gasteiger charge is 2.46. The lowest BCUT2D eigenvalue weighted by molar-refractivity contribution is -0.438. The molecule has 9 heteroatoms. The van der Waals surface area contributed by atoms with Crippen LogP contribution in [0.3, 0.4) is 0 Å². The number of anilines is 1. The van der Waals surface area contributed by atoms with Crippen LogP contribution in [0.2, 0.25) is 0 Å². The van der Waals surface area contributed by atoms with Crippen molar-refractivity contribution in [3.63, 3.8) is 0 Å². The van der Waals surface area contributed by atoms with Crippen LogP contribution in [0.4, 0.5) is 11.4 Å². The number of allylic oxidation sites excluding steroid dienone is 8. The van der Waals surface area contributed by atoms with Gasteiger partial charge in [0.15, 0.2) is 5.71 Å². The number of hydrogen-bond acceptors (Lipinski definition) is 3. The normalized spacial score (nSPS) is 18.4. The molecule has 5 nitrogen and oxygen atoms in total. The molecule has 0 bridgehead atoms. The third-order valence-corrected chi connectivity index (χ3v) is 14.6. The average Bonchev–Trinajstić information content (AvgIpc) is 3.67. The summed E-state index contributed by atoms with van der Waals surface area (Å²) in [4.78, 5) is 2.32. The lowest BCUT2D eigenvalue weighted by atomic mass is 9.79. The highest BCUT2D eigenvalue weighted by Crippen LogP contribution is 2.52. The Bertz CT molecular complexity index is 2810. The average molecular weight is 954 g/mol. The SMILES string of the molecule is CCCCC[N+]1=C(/C=C/C2=C(Cl)C(=C/C=C3/N(CCCCS(=O)(=O)O)c4ccc5cc(Br)ccc5c4C3(C)C)/c3ccccc32)C(C)(C)c2c1ccc1cc(Br)ccc21. The van der Waals surface area contributed by atoms with E-state index in [-0.39, 0.29) is 16.6 Å². The zero-order chi connectivity index (χ0) is 41.9. The van der Waals surface area contributed by atoms with Crippen LogP contribution in [0.1, 0.15) is 89.0 Å². The first-order valence-corrected chi connectivity index (χ1v) is 24.1. The smallest absolute Gasteiger partial charge is 0.264 e. The zero-order valence-corrected chi connectivity index (χ0v) is 39.0. The summed E-state index contributed by atoms with van der Waals surface area (Å²) in [6.45, 7) is 13.0. The molecule has 0 unspecified atom stereocenters. The summed E-state index contributed by atoms with van der Waals surface area (Å²) in [5.41, 5.74) is 10.9. The number of unbranched alkanes of at least 4 members (excludes halogenated alkanes) is 3. The zero-order valence-electron chi connectivity index (χ0n) is 34.2. The summed E-state index contributed by atoms with van der Waals surface area (Å²) >= 11 is 14.9. The molecule has 0 spiro atoms. The standard InChI is InChI=1S/C50H49Br2ClN2O3S/c1-6-7-10-27-54-42-23-15-32-30-34(51)17-19-36(32)46(42)49(2,3)44(54)25-21-40-38-13-8-9-14-39(38)41(48(40)53)22-26-45-50(4,5)47-37-20-18-35(52)31-33(37)16-24-43(47)55(45)28-11-12-29-59(56,57)58/h8-9,13-26,30-31H,6-7,10-12,27-29H2,1-5H3/p+1. The molecular weight excluding hydrogens is 904 g/mol. The van der Waals surface area contributed by atoms with E-state index in [1.54, 1.807) is 0 Å². The van der Waals surface area contributed by atoms with Crippen molar-refractivity contribution in [1.29, 1.82) is 0 Å². The van der Waals surface area contributed by atoms with Crippen LogP contribution in [-0.2, 0) is 20.9 Å². The molecule has 59 heavy (non-hydrogen) atoms. The van der Waals surface area contributed by atoms with Gasteiger partial charge in [0.2, 0.25) is 5.69 Å². The van der Waals surface area contributed by atoms with Gasteiger partial charge in [0.25, 0.3) is 10.1 Å². The molecule has 0 atom stereocenters. The Kier molecular flexibility index (Phi) is 11.5. The molecule has 304 valence electrons. The van der Waals surface area contributed by atoms with E-state index in [1.165, 1.54) is 45.1 Å². The minimum atomic E-state index is -4.04. The number of hydrogen-bond donors (Lipinski definition) is 1. The van der Waals surface area contributed by atoms with E-state index in [2.05, 4.69) is 185 Å². The van der Waals surface area contributed by atoms with Gasteiger partial charge in [0.05, 0.1) is 16.2 Å². The van der Waals surface area contributed by atoms with Gasteiger partial charge in [-0.15, -0.1) is 0 Å². The lowest BCUT2D eigenvalue weighted by Crippen LogP contribution is -2.28. The van der Waals surface area contributed by atoms with E-state index in [0.29, 0.717) is 24.4 Å². The fourth-order valence-electron chi connectivity index (χ4n) is 9.67. The summed E-state index contributed by atoms with van der Waals surface area (Å²) in [6.07, 6.45) is 13.3. The van der Waals surface area contributed by atoms with Crippen LogP contribution in [0.25, 0.3) is 32.7 Å². The molecule has 0 amide bonds. The Morgan fingerprint density at radius 3 is 2.10 bits per heavy atom. The summed E-state index contributed by atoms with van der Waals surface area (Å²) < 4.78 is 37.3. The molecule has 5 aromatic rings. The highest BCUT2D eigenvalue weighted by atomic mass is 79.9. The number of rotatable bonds is 12. The van der Waals surface area contributed by atoms with Crippen molar-refractivity contribution < 1.29 is 17.5 Å². The second-order valence-electron chi connectivity index (χ2n) is 17.0. The number of nitrogens with zero attached hydrogens (tertiary/aromatic N) is 2. The van der Waals surface area contributed by atoms with Crippen molar-refractivity contribution in [1.82, 2.24) is 0 Å². The predicted molar refractivity (Wildman–Crippen MR) is 256 cm³/mol. The van der Waals surface area contributed by atoms with Crippen molar-refractivity contribution in [3.8, 4) is 0 Å². The maximum absolute atomic E-state index is 11.6. The maximum Gasteiger partial charge on any atom is 0.264 e. The van der Waals surface area contributed by atoms with E-state index in [9.17, 15) is 13.0 Å². The molecule has 1 aliphatic carbocycles. The van der Waals surface area contributed by atoms with Crippen LogP contribution in [0.5, 0.6) is 0 Å². The van der Waals surface area contributed by atoms with Crippen LogP contribution < -0.4 is 4.90 Å². The first kappa shape index (κ1) is 41.9. The second-order valence-corrected chi connectivity index (χ2v) is 20.8. The first-order chi connectivity index (χ1) is 28.1. The van der Waals surface area contributed by atoms with E-state index in [0.717, 1.165) is 67.4 Å². The molecule has 3 aliphatic rings. The van der Waals surface area contributed by atoms with Crippen LogP contribution in [0, 0.1) is 0 Å². The third kappa shape index (κ3) is 7.74. The quantitative estimate of drug-likeness (QED) is 0.0769. The minimum absolute atomic E-state index is 0.242. The van der Waals surface area contributed by atoms with Gasteiger partial charge in [0.1, 0.15) is 6.54 Å². The van der Waals surface area contributed by atoms with Gasteiger partial charge in [-0.3, -0.25) is 4.55 Å². The number of fused-ring (bicyclic) bond motifs is 7. The Labute approximate surface area is 370 Å². The van der Waals surface area contributed by atoms with Crippen LogP contribution in [-0.4, -0.2) is 42.1 Å². The largest absolute Gasteiger partial charge is 0.344 e. The second kappa shape index (κ2) is 16.2. The minimum Gasteiger partial charge on any atom is -0.344 e. The van der Waals surface area contributed by atoms with Crippen LogP contribution >= 0.6 is 43.5 Å². The van der Waals surface area contributed by atoms with Gasteiger partial charge in [-0.25, -0.2) is 0 Å². The Balaban J connectivity index is 1.21. The molecule has 1 N–H and O–H groups in total. The molecule has 0 fully saturated rings. The summed E-state index contributed by atoms with van der Waals surface area (Å²) in [6, 6.07) is 30.4. The summed E-state index contributed by atoms with van der Waals surface area (Å²) in [5.74, 6) is -0.257. The third-order valence-electron chi connectivity index (χ3n) is 12.4. The van der Waals surface area contributed by atoms with E-state index >= 15 is 0 Å². The fourth-order valence-corrected chi connectivity index (χ4v) is 11.3. The summed E-state index contributed by atoms with van der Waals surface area (Å²) in [5, 5.41) is 5.57. The van der Waals surface area contributed by atoms with Crippen molar-refractivity contribution in [2.75, 3.05) is 23.7 Å². The predicted octanol–water partition coefficient (Wildman–Crippen LogP) is 14.0. The van der Waals surface area contributed by atoms with E-state index in [1.807, 2.05) is 0 Å². The van der Waals surface area contributed by atoms with E-state index < -0.39 is 10.1 Å². The van der Waals surface area contributed by atoms with Crippen molar-refractivity contribution in [3.05, 3.63) is 151 Å². The topological polar surface area (TPSA) is 60.6 Å². The summed E-state index contributed by atoms with van der Waals surface area (Å²) in [7, 11) is -4.04. The molecule has 0 saturated carbocycles. The van der Waals surface area contributed by atoms with Crippen molar-refractivity contribution in [2.45, 2.75) is 77.6 Å². The molecule has 2 heterocycles. The Morgan fingerprint density at radius 1 is 0.763 bits per heavy atom. The molecule has 5 aromatic carbocycles. The Morgan fingerprint density at radius 2 is 1.42 bits per heavy atom. The number of halogens is 3. The first-order valence-electron chi connectivity index (χ1n) is 20.6. The molecule has 8 rings (SSSR count). The monoisotopic (exact) mass is 951 g/mol.